The Morgan fingerprint density at radius 3 is 3.10 bits per heavy atom. The predicted octanol–water partition coefficient (Wildman–Crippen LogP) is 1.66. The fourth-order valence-corrected chi connectivity index (χ4v) is 3.41. The third-order valence-electron chi connectivity index (χ3n) is 3.52. The molecule has 108 valence electrons. The van der Waals surface area contributed by atoms with Crippen molar-refractivity contribution in [2.75, 3.05) is 13.7 Å². The van der Waals surface area contributed by atoms with Gasteiger partial charge in [-0.1, -0.05) is 11.8 Å². The number of ether oxygens (including phenoxy) is 1. The smallest absolute Gasteiger partial charge is 0.261 e. The first-order valence-electron chi connectivity index (χ1n) is 6.78. The molecule has 2 atom stereocenters. The van der Waals surface area contributed by atoms with Crippen LogP contribution in [0.4, 0.5) is 0 Å². The van der Waals surface area contributed by atoms with Gasteiger partial charge in [0.2, 0.25) is 0 Å². The molecule has 1 aromatic heterocycles. The molecule has 1 heterocycles. The minimum absolute atomic E-state index is 0.0344. The lowest BCUT2D eigenvalue weighted by Crippen LogP contribution is -2.40. The van der Waals surface area contributed by atoms with Gasteiger partial charge < -0.3 is 15.8 Å². The molecule has 4 nitrogen and oxygen atoms in total. The quantitative estimate of drug-likeness (QED) is 0.833. The Hall–Kier alpha value is -1.35. The highest BCUT2D eigenvalue weighted by molar-refractivity contribution is 7.14. The van der Waals surface area contributed by atoms with E-state index in [0.29, 0.717) is 11.4 Å². The summed E-state index contributed by atoms with van der Waals surface area (Å²) < 4.78 is 5.40. The van der Waals surface area contributed by atoms with Crippen LogP contribution in [0.15, 0.2) is 6.07 Å². The molecule has 0 radical (unpaired) electrons. The fraction of sp³-hybridized carbons (Fsp3) is 0.533. The summed E-state index contributed by atoms with van der Waals surface area (Å²) in [6.07, 6.45) is 3.23. The molecule has 1 amide bonds. The Balaban J connectivity index is 2.06. The van der Waals surface area contributed by atoms with Crippen LogP contribution in [0.3, 0.4) is 0 Å². The van der Waals surface area contributed by atoms with Crippen molar-refractivity contribution in [3.63, 3.8) is 0 Å². The first kappa shape index (κ1) is 15.0. The first-order chi connectivity index (χ1) is 9.65. The van der Waals surface area contributed by atoms with E-state index in [4.69, 9.17) is 10.5 Å². The molecule has 3 N–H and O–H groups in total. The molecule has 1 aromatic rings. The van der Waals surface area contributed by atoms with Crippen LogP contribution < -0.4 is 11.1 Å². The van der Waals surface area contributed by atoms with Crippen molar-refractivity contribution in [2.24, 2.45) is 5.73 Å². The second kappa shape index (κ2) is 6.89. The predicted molar refractivity (Wildman–Crippen MR) is 80.9 cm³/mol. The number of carbonyl (C=O) groups excluding carboxylic acids is 1. The van der Waals surface area contributed by atoms with Gasteiger partial charge in [0, 0.05) is 7.11 Å². The van der Waals surface area contributed by atoms with Crippen LogP contribution in [0.2, 0.25) is 0 Å². The average Bonchev–Trinajstić information content (AvgIpc) is 3.03. The summed E-state index contributed by atoms with van der Waals surface area (Å²) in [5.74, 6) is 5.79. The standard InChI is InChI=1S/C15H20N2O2S/c1-10-9-14(20-13(10)7-4-8-16)15(18)17-11-5-3-6-12(11)19-2/h9,11-12H,3,5-6,8,16H2,1-2H3,(H,17,18). The van der Waals surface area contributed by atoms with E-state index in [1.165, 1.54) is 11.3 Å². The summed E-state index contributed by atoms with van der Waals surface area (Å²) in [6, 6.07) is 2.01. The Morgan fingerprint density at radius 2 is 2.40 bits per heavy atom. The molecule has 2 rings (SSSR count). The molecule has 20 heavy (non-hydrogen) atoms. The van der Waals surface area contributed by atoms with Crippen LogP contribution in [0.25, 0.3) is 0 Å². The molecule has 1 aliphatic rings. The second-order valence-corrected chi connectivity index (χ2v) is 5.97. The van der Waals surface area contributed by atoms with Crippen molar-refractivity contribution in [3.05, 3.63) is 21.4 Å². The van der Waals surface area contributed by atoms with Gasteiger partial charge in [0.1, 0.15) is 0 Å². The van der Waals surface area contributed by atoms with E-state index < -0.39 is 0 Å². The highest BCUT2D eigenvalue weighted by atomic mass is 32.1. The molecule has 0 aliphatic heterocycles. The lowest BCUT2D eigenvalue weighted by Gasteiger charge is -2.19. The number of hydrogen-bond acceptors (Lipinski definition) is 4. The van der Waals surface area contributed by atoms with Crippen LogP contribution in [-0.4, -0.2) is 31.7 Å². The third-order valence-corrected chi connectivity index (χ3v) is 4.67. The zero-order chi connectivity index (χ0) is 14.5. The molecule has 0 aromatic carbocycles. The van der Waals surface area contributed by atoms with Gasteiger partial charge in [-0.05, 0) is 37.8 Å². The molecule has 1 fully saturated rings. The molecular weight excluding hydrogens is 272 g/mol. The number of carbonyl (C=O) groups is 1. The normalized spacial score (nSPS) is 21.4. The lowest BCUT2D eigenvalue weighted by molar-refractivity contribution is 0.0724. The SMILES string of the molecule is COC1CCCC1NC(=O)c1cc(C)c(C#CCN)s1. The van der Waals surface area contributed by atoms with Gasteiger partial charge in [-0.3, -0.25) is 4.79 Å². The summed E-state index contributed by atoms with van der Waals surface area (Å²) >= 11 is 1.42. The molecule has 0 bridgehead atoms. The second-order valence-electron chi connectivity index (χ2n) is 4.91. The van der Waals surface area contributed by atoms with E-state index in [0.717, 1.165) is 29.7 Å². The van der Waals surface area contributed by atoms with Crippen molar-refractivity contribution in [2.45, 2.75) is 38.3 Å². The van der Waals surface area contributed by atoms with E-state index in [9.17, 15) is 4.79 Å². The molecule has 1 saturated carbocycles. The highest BCUT2D eigenvalue weighted by Crippen LogP contribution is 2.24. The largest absolute Gasteiger partial charge is 0.379 e. The van der Waals surface area contributed by atoms with E-state index in [2.05, 4.69) is 17.2 Å². The number of amides is 1. The Kier molecular flexibility index (Phi) is 5.18. The molecular formula is C15H20N2O2S. The zero-order valence-corrected chi connectivity index (χ0v) is 12.7. The van der Waals surface area contributed by atoms with E-state index >= 15 is 0 Å². The summed E-state index contributed by atoms with van der Waals surface area (Å²) in [7, 11) is 1.70. The van der Waals surface area contributed by atoms with Crippen LogP contribution in [0, 0.1) is 18.8 Å². The Bertz CT molecular complexity index is 542. The average molecular weight is 292 g/mol. The van der Waals surface area contributed by atoms with Gasteiger partial charge in [0.15, 0.2) is 0 Å². The number of hydrogen-bond donors (Lipinski definition) is 2. The number of methoxy groups -OCH3 is 1. The van der Waals surface area contributed by atoms with E-state index in [-0.39, 0.29) is 18.1 Å². The fourth-order valence-electron chi connectivity index (χ4n) is 2.46. The first-order valence-corrected chi connectivity index (χ1v) is 7.60. The van der Waals surface area contributed by atoms with Crippen LogP contribution >= 0.6 is 11.3 Å². The summed E-state index contributed by atoms with van der Waals surface area (Å²) in [5, 5.41) is 3.07. The number of rotatable bonds is 3. The summed E-state index contributed by atoms with van der Waals surface area (Å²) in [6.45, 7) is 2.29. The summed E-state index contributed by atoms with van der Waals surface area (Å²) in [5.41, 5.74) is 6.39. The zero-order valence-electron chi connectivity index (χ0n) is 11.9. The molecule has 5 heteroatoms. The summed E-state index contributed by atoms with van der Waals surface area (Å²) in [4.78, 5) is 13.9. The Labute approximate surface area is 123 Å². The minimum Gasteiger partial charge on any atom is -0.379 e. The van der Waals surface area contributed by atoms with Crippen molar-refractivity contribution < 1.29 is 9.53 Å². The van der Waals surface area contributed by atoms with Gasteiger partial charge >= 0.3 is 0 Å². The molecule has 0 saturated heterocycles. The van der Waals surface area contributed by atoms with Gasteiger partial charge in [0.25, 0.3) is 5.91 Å². The van der Waals surface area contributed by atoms with Crippen molar-refractivity contribution in [1.82, 2.24) is 5.32 Å². The monoisotopic (exact) mass is 292 g/mol. The highest BCUT2D eigenvalue weighted by Gasteiger charge is 2.29. The van der Waals surface area contributed by atoms with Gasteiger partial charge in [-0.25, -0.2) is 0 Å². The maximum atomic E-state index is 12.3. The van der Waals surface area contributed by atoms with Crippen LogP contribution in [0.1, 0.15) is 39.4 Å². The van der Waals surface area contributed by atoms with Crippen LogP contribution in [0.5, 0.6) is 0 Å². The van der Waals surface area contributed by atoms with E-state index in [1.807, 2.05) is 13.0 Å². The Morgan fingerprint density at radius 1 is 1.60 bits per heavy atom. The van der Waals surface area contributed by atoms with Gasteiger partial charge in [-0.15, -0.1) is 11.3 Å². The third kappa shape index (κ3) is 3.40. The minimum atomic E-state index is -0.0344. The number of aryl methyl sites for hydroxylation is 1. The van der Waals surface area contributed by atoms with Gasteiger partial charge in [-0.2, -0.15) is 0 Å². The number of nitrogens with one attached hydrogen (secondary N) is 1. The number of thiophene rings is 1. The van der Waals surface area contributed by atoms with E-state index in [1.54, 1.807) is 7.11 Å². The van der Waals surface area contributed by atoms with Gasteiger partial charge in [0.05, 0.1) is 28.4 Å². The molecule has 2 unspecified atom stereocenters. The topological polar surface area (TPSA) is 64.3 Å². The van der Waals surface area contributed by atoms with Crippen molar-refractivity contribution in [3.8, 4) is 11.8 Å². The van der Waals surface area contributed by atoms with Crippen LogP contribution in [-0.2, 0) is 4.74 Å². The van der Waals surface area contributed by atoms with Crippen molar-refractivity contribution in [1.29, 1.82) is 0 Å². The maximum absolute atomic E-state index is 12.3. The number of nitrogens with two attached hydrogens (primary N) is 1. The molecule has 1 aliphatic carbocycles. The lowest BCUT2D eigenvalue weighted by atomic mass is 10.2. The van der Waals surface area contributed by atoms with Crippen molar-refractivity contribution >= 4 is 17.2 Å². The maximum Gasteiger partial charge on any atom is 0.261 e. The molecule has 0 spiro atoms.